The van der Waals surface area contributed by atoms with Crippen molar-refractivity contribution in [3.63, 3.8) is 0 Å². The van der Waals surface area contributed by atoms with Crippen LogP contribution >= 0.6 is 0 Å². The fraction of sp³-hybridized carbons (Fsp3) is 0.500. The highest BCUT2D eigenvalue weighted by molar-refractivity contribution is 5.58. The topological polar surface area (TPSA) is 91.8 Å². The van der Waals surface area contributed by atoms with Gasteiger partial charge < -0.3 is 5.32 Å². The van der Waals surface area contributed by atoms with E-state index >= 15 is 0 Å². The Bertz CT molecular complexity index is 491. The summed E-state index contributed by atoms with van der Waals surface area (Å²) in [5.74, 6) is 0.209. The predicted molar refractivity (Wildman–Crippen MR) is 68.2 cm³/mol. The monoisotopic (exact) mass is 248 g/mol. The molecule has 0 amide bonds. The highest BCUT2D eigenvalue weighted by Crippen LogP contribution is 2.25. The van der Waals surface area contributed by atoms with Crippen LogP contribution in [-0.2, 0) is 0 Å². The van der Waals surface area contributed by atoms with Gasteiger partial charge in [0, 0.05) is 18.8 Å². The molecule has 0 aliphatic carbocycles. The number of nitrogens with one attached hydrogen (secondary N) is 1. The third kappa shape index (κ3) is 3.42. The summed E-state index contributed by atoms with van der Waals surface area (Å²) < 4.78 is 0. The minimum atomic E-state index is -0.533. The van der Waals surface area contributed by atoms with E-state index in [2.05, 4.69) is 31.1 Å². The van der Waals surface area contributed by atoms with Crippen molar-refractivity contribution in [3.05, 3.63) is 27.9 Å². The number of nitrogens with zero attached hydrogens (tertiary/aromatic N) is 3. The maximum absolute atomic E-state index is 10.9. The van der Waals surface area contributed by atoms with Crippen LogP contribution in [0.1, 0.15) is 32.8 Å². The van der Waals surface area contributed by atoms with Gasteiger partial charge in [-0.1, -0.05) is 20.8 Å². The fourth-order valence-electron chi connectivity index (χ4n) is 1.24. The van der Waals surface area contributed by atoms with Gasteiger partial charge in [0.15, 0.2) is 0 Å². The SMILES string of the molecule is CCC(C)(C)CNc1ncc(C#N)cc1[N+](=O)[O-]. The second kappa shape index (κ2) is 5.45. The molecule has 0 bridgehead atoms. The number of nitriles is 1. The minimum absolute atomic E-state index is 0.0312. The number of pyridine rings is 1. The van der Waals surface area contributed by atoms with E-state index < -0.39 is 4.92 Å². The second-order valence-corrected chi connectivity index (χ2v) is 4.83. The molecule has 6 heteroatoms. The van der Waals surface area contributed by atoms with Crippen molar-refractivity contribution in [1.82, 2.24) is 4.98 Å². The zero-order chi connectivity index (χ0) is 13.8. The zero-order valence-corrected chi connectivity index (χ0v) is 10.7. The second-order valence-electron chi connectivity index (χ2n) is 4.83. The summed E-state index contributed by atoms with van der Waals surface area (Å²) in [6.07, 6.45) is 2.28. The number of aromatic nitrogens is 1. The van der Waals surface area contributed by atoms with Crippen LogP contribution in [0.15, 0.2) is 12.3 Å². The molecular formula is C12H16N4O2. The van der Waals surface area contributed by atoms with Gasteiger partial charge in [0.1, 0.15) is 6.07 Å². The van der Waals surface area contributed by atoms with E-state index in [4.69, 9.17) is 5.26 Å². The Morgan fingerprint density at radius 1 is 1.61 bits per heavy atom. The first-order valence-corrected chi connectivity index (χ1v) is 5.68. The molecule has 6 nitrogen and oxygen atoms in total. The van der Waals surface area contributed by atoms with Crippen LogP contribution in [0.3, 0.4) is 0 Å². The van der Waals surface area contributed by atoms with Crippen LogP contribution < -0.4 is 5.32 Å². The van der Waals surface area contributed by atoms with Crippen molar-refractivity contribution < 1.29 is 4.92 Å². The van der Waals surface area contributed by atoms with Gasteiger partial charge >= 0.3 is 5.69 Å². The molecule has 0 radical (unpaired) electrons. The van der Waals surface area contributed by atoms with Crippen molar-refractivity contribution in [2.24, 2.45) is 5.41 Å². The van der Waals surface area contributed by atoms with E-state index in [-0.39, 0.29) is 22.5 Å². The third-order valence-corrected chi connectivity index (χ3v) is 2.88. The standard InChI is InChI=1S/C12H16N4O2/c1-4-12(2,3)8-15-11-10(16(17)18)5-9(6-13)7-14-11/h5,7H,4,8H2,1-3H3,(H,14,15). The number of nitro groups is 1. The van der Waals surface area contributed by atoms with Crippen molar-refractivity contribution in [1.29, 1.82) is 5.26 Å². The summed E-state index contributed by atoms with van der Waals surface area (Å²) in [4.78, 5) is 14.3. The number of hydrogen-bond donors (Lipinski definition) is 1. The first-order valence-electron chi connectivity index (χ1n) is 5.68. The van der Waals surface area contributed by atoms with E-state index in [1.165, 1.54) is 12.3 Å². The molecule has 0 aliphatic heterocycles. The van der Waals surface area contributed by atoms with Crippen molar-refractivity contribution in [2.45, 2.75) is 27.2 Å². The Kier molecular flexibility index (Phi) is 4.21. The molecule has 0 unspecified atom stereocenters. The van der Waals surface area contributed by atoms with E-state index in [1.807, 2.05) is 6.07 Å². The van der Waals surface area contributed by atoms with Crippen LogP contribution in [0, 0.1) is 26.9 Å². The van der Waals surface area contributed by atoms with Gasteiger partial charge in [0.05, 0.1) is 10.5 Å². The molecule has 0 fully saturated rings. The normalized spacial score (nSPS) is 10.8. The first kappa shape index (κ1) is 13.9. The third-order valence-electron chi connectivity index (χ3n) is 2.88. The largest absolute Gasteiger partial charge is 0.364 e. The molecule has 0 atom stereocenters. The molecule has 1 heterocycles. The summed E-state index contributed by atoms with van der Waals surface area (Å²) in [7, 11) is 0. The Morgan fingerprint density at radius 2 is 2.28 bits per heavy atom. The molecule has 18 heavy (non-hydrogen) atoms. The molecule has 1 N–H and O–H groups in total. The molecule has 1 aromatic heterocycles. The quantitative estimate of drug-likeness (QED) is 0.638. The van der Waals surface area contributed by atoms with Gasteiger partial charge in [0.25, 0.3) is 0 Å². The summed E-state index contributed by atoms with van der Waals surface area (Å²) in [5.41, 5.74) is 0.0478. The lowest BCUT2D eigenvalue weighted by molar-refractivity contribution is -0.384. The van der Waals surface area contributed by atoms with Crippen molar-refractivity contribution in [2.75, 3.05) is 11.9 Å². The first-order chi connectivity index (χ1) is 8.39. The van der Waals surface area contributed by atoms with Gasteiger partial charge in [0.2, 0.25) is 5.82 Å². The molecule has 1 rings (SSSR count). The molecule has 0 saturated carbocycles. The fourth-order valence-corrected chi connectivity index (χ4v) is 1.24. The summed E-state index contributed by atoms with van der Waals surface area (Å²) in [5, 5.41) is 22.6. The van der Waals surface area contributed by atoms with Crippen LogP contribution in [-0.4, -0.2) is 16.5 Å². The van der Waals surface area contributed by atoms with Gasteiger partial charge in [-0.3, -0.25) is 10.1 Å². The Balaban J connectivity index is 2.96. The predicted octanol–water partition coefficient (Wildman–Crippen LogP) is 2.71. The molecule has 0 aliphatic rings. The number of rotatable bonds is 5. The molecule has 0 saturated heterocycles. The maximum Gasteiger partial charge on any atom is 0.312 e. The lowest BCUT2D eigenvalue weighted by Crippen LogP contribution is -2.22. The van der Waals surface area contributed by atoms with Crippen molar-refractivity contribution >= 4 is 11.5 Å². The van der Waals surface area contributed by atoms with E-state index in [1.54, 1.807) is 0 Å². The Hall–Kier alpha value is -2.16. The molecule has 0 spiro atoms. The lowest BCUT2D eigenvalue weighted by atomic mass is 9.90. The van der Waals surface area contributed by atoms with E-state index in [0.717, 1.165) is 6.42 Å². The Labute approximate surface area is 106 Å². The maximum atomic E-state index is 10.9. The van der Waals surface area contributed by atoms with Crippen LogP contribution in [0.4, 0.5) is 11.5 Å². The van der Waals surface area contributed by atoms with Gasteiger partial charge in [-0.15, -0.1) is 0 Å². The van der Waals surface area contributed by atoms with Gasteiger partial charge in [-0.2, -0.15) is 5.26 Å². The van der Waals surface area contributed by atoms with Crippen LogP contribution in [0.25, 0.3) is 0 Å². The van der Waals surface area contributed by atoms with Crippen molar-refractivity contribution in [3.8, 4) is 6.07 Å². The summed E-state index contributed by atoms with van der Waals surface area (Å²) in [6.45, 7) is 6.77. The lowest BCUT2D eigenvalue weighted by Gasteiger charge is -2.22. The highest BCUT2D eigenvalue weighted by Gasteiger charge is 2.20. The zero-order valence-electron chi connectivity index (χ0n) is 10.7. The van der Waals surface area contributed by atoms with Gasteiger partial charge in [-0.25, -0.2) is 4.98 Å². The molecule has 96 valence electrons. The average Bonchev–Trinajstić information content (AvgIpc) is 2.36. The van der Waals surface area contributed by atoms with Crippen LogP contribution in [0.2, 0.25) is 0 Å². The summed E-state index contributed by atoms with van der Waals surface area (Å²) in [6, 6.07) is 3.07. The number of anilines is 1. The minimum Gasteiger partial charge on any atom is -0.364 e. The van der Waals surface area contributed by atoms with E-state index in [0.29, 0.717) is 6.54 Å². The van der Waals surface area contributed by atoms with Crippen LogP contribution in [0.5, 0.6) is 0 Å². The van der Waals surface area contributed by atoms with Gasteiger partial charge in [-0.05, 0) is 11.8 Å². The number of hydrogen-bond acceptors (Lipinski definition) is 5. The molecular weight excluding hydrogens is 232 g/mol. The summed E-state index contributed by atoms with van der Waals surface area (Å²) >= 11 is 0. The van der Waals surface area contributed by atoms with E-state index in [9.17, 15) is 10.1 Å². The highest BCUT2D eigenvalue weighted by atomic mass is 16.6. The smallest absolute Gasteiger partial charge is 0.312 e. The molecule has 1 aromatic rings. The Morgan fingerprint density at radius 3 is 2.78 bits per heavy atom. The molecule has 0 aromatic carbocycles. The average molecular weight is 248 g/mol.